The van der Waals surface area contributed by atoms with Crippen molar-refractivity contribution in [2.45, 2.75) is 78.0 Å². The van der Waals surface area contributed by atoms with Crippen LogP contribution in [0.3, 0.4) is 0 Å². The molecule has 0 radical (unpaired) electrons. The van der Waals surface area contributed by atoms with Crippen LogP contribution in [0.25, 0.3) is 0 Å². The molecule has 0 aromatic carbocycles. The van der Waals surface area contributed by atoms with Crippen molar-refractivity contribution in [3.05, 3.63) is 24.3 Å². The van der Waals surface area contributed by atoms with Gasteiger partial charge < -0.3 is 0 Å². The molecule has 0 heterocycles. The van der Waals surface area contributed by atoms with Gasteiger partial charge in [-0.1, -0.05) is 0 Å². The first kappa shape index (κ1) is 30.5. The number of hydrogen-bond donors (Lipinski definition) is 0. The zero-order chi connectivity index (χ0) is 22.9. The van der Waals surface area contributed by atoms with Crippen molar-refractivity contribution in [1.82, 2.24) is 0 Å². The van der Waals surface area contributed by atoms with Gasteiger partial charge >= 0.3 is 194 Å². The summed E-state index contributed by atoms with van der Waals surface area (Å²) in [6.45, 7) is 20.4. The van der Waals surface area contributed by atoms with Crippen LogP contribution in [0, 0.1) is 0 Å². The molecule has 0 saturated carbocycles. The molecule has 0 spiro atoms. The Morgan fingerprint density at radius 3 is 1.10 bits per heavy atom. The molecular formula is C22H48Cl2O2P2Pd. The monoisotopic (exact) mass is 582 g/mol. The van der Waals surface area contributed by atoms with E-state index in [0.29, 0.717) is 35.8 Å². The second kappa shape index (κ2) is 13.9. The summed E-state index contributed by atoms with van der Waals surface area (Å²) in [5.74, 6) is 0. The van der Waals surface area contributed by atoms with Crippen LogP contribution in [0.2, 0.25) is 0 Å². The second-order valence-electron chi connectivity index (χ2n) is 8.98. The Morgan fingerprint density at radius 1 is 0.621 bits per heavy atom. The fourth-order valence-electron chi connectivity index (χ4n) is 4.47. The molecule has 0 aromatic rings. The molecule has 0 N–H and O–H groups in total. The van der Waals surface area contributed by atoms with Crippen molar-refractivity contribution in [2.75, 3.05) is 39.8 Å². The third kappa shape index (κ3) is 6.75. The van der Waals surface area contributed by atoms with Crippen LogP contribution in [0.5, 0.6) is 0 Å². The molecule has 0 fully saturated rings. The van der Waals surface area contributed by atoms with Crippen LogP contribution in [-0.4, -0.2) is 62.4 Å². The van der Waals surface area contributed by atoms with Crippen LogP contribution in [0.1, 0.15) is 55.4 Å². The van der Waals surface area contributed by atoms with Gasteiger partial charge in [0.1, 0.15) is 0 Å². The third-order valence-electron chi connectivity index (χ3n) is 6.13. The third-order valence-corrected chi connectivity index (χ3v) is 66.5. The quantitative estimate of drug-likeness (QED) is 0.118. The molecule has 0 aliphatic heterocycles. The normalized spacial score (nSPS) is 16.3. The molecule has 0 bridgehead atoms. The fourth-order valence-corrected chi connectivity index (χ4v) is 81.9. The Balaban J connectivity index is 6.61. The zero-order valence-corrected chi connectivity index (χ0v) is 25.4. The van der Waals surface area contributed by atoms with Crippen LogP contribution in [0.4, 0.5) is 0 Å². The fraction of sp³-hybridized carbons (Fsp3) is 0.818. The van der Waals surface area contributed by atoms with Gasteiger partial charge in [-0.3, -0.25) is 0 Å². The van der Waals surface area contributed by atoms with Gasteiger partial charge in [-0.05, 0) is 0 Å². The summed E-state index contributed by atoms with van der Waals surface area (Å²) in [5, 5.41) is 0. The Hall–Kier alpha value is 1.50. The van der Waals surface area contributed by atoms with E-state index >= 15 is 0 Å². The molecule has 2 nitrogen and oxygen atoms in total. The number of hydrogen-bond acceptors (Lipinski definition) is 2. The SMILES string of the molecule is COCC=CC[PH](C(C)C)(C(C)C)[Pd]([Cl])([Cl])[PH](CC=CCOC)(C(C)C)C(C)C. The van der Waals surface area contributed by atoms with Crippen molar-refractivity contribution >= 4 is 30.0 Å². The van der Waals surface area contributed by atoms with Crippen LogP contribution in [-0.2, 0) is 22.0 Å². The van der Waals surface area contributed by atoms with E-state index < -0.39 is 23.4 Å². The first-order chi connectivity index (χ1) is 13.4. The number of halogens is 2. The van der Waals surface area contributed by atoms with Crippen LogP contribution in [0.15, 0.2) is 24.3 Å². The van der Waals surface area contributed by atoms with Crippen molar-refractivity contribution in [1.29, 1.82) is 0 Å². The summed E-state index contributed by atoms with van der Waals surface area (Å²) in [6, 6.07) is 0. The van der Waals surface area contributed by atoms with E-state index in [1.54, 1.807) is 14.2 Å². The van der Waals surface area contributed by atoms with Gasteiger partial charge in [0.15, 0.2) is 0 Å². The van der Waals surface area contributed by atoms with Gasteiger partial charge in [-0.2, -0.15) is 0 Å². The molecule has 29 heavy (non-hydrogen) atoms. The Kier molecular flexibility index (Phi) is 14.6. The van der Waals surface area contributed by atoms with E-state index in [1.165, 1.54) is 0 Å². The van der Waals surface area contributed by atoms with Gasteiger partial charge in [0.25, 0.3) is 0 Å². The molecule has 0 rings (SSSR count). The van der Waals surface area contributed by atoms with Crippen molar-refractivity contribution in [3.63, 3.8) is 0 Å². The van der Waals surface area contributed by atoms with Crippen LogP contribution < -0.4 is 0 Å². The Bertz CT molecular complexity index is 461. The summed E-state index contributed by atoms with van der Waals surface area (Å²) in [4.78, 5) is 0. The summed E-state index contributed by atoms with van der Waals surface area (Å²) in [5.41, 5.74) is -1.84. The van der Waals surface area contributed by atoms with Crippen molar-refractivity contribution in [2.24, 2.45) is 0 Å². The molecule has 0 unspecified atom stereocenters. The molecule has 0 aliphatic carbocycles. The van der Waals surface area contributed by atoms with E-state index in [0.717, 1.165) is 12.3 Å². The van der Waals surface area contributed by atoms with E-state index in [9.17, 15) is 0 Å². The number of methoxy groups -OCH3 is 2. The van der Waals surface area contributed by atoms with Gasteiger partial charge in [-0.25, -0.2) is 0 Å². The predicted molar refractivity (Wildman–Crippen MR) is 141 cm³/mol. The maximum atomic E-state index is 7.90. The van der Waals surface area contributed by atoms with E-state index in [2.05, 4.69) is 79.7 Å². The summed E-state index contributed by atoms with van der Waals surface area (Å²) in [7, 11) is 19.3. The molecule has 182 valence electrons. The molecular weight excluding hydrogens is 536 g/mol. The zero-order valence-electron chi connectivity index (χ0n) is 20.3. The molecule has 7 heteroatoms. The summed E-state index contributed by atoms with van der Waals surface area (Å²) < 4.78 is 10.5. The Labute approximate surface area is 193 Å². The molecule has 0 atom stereocenters. The van der Waals surface area contributed by atoms with Gasteiger partial charge in [0.05, 0.1) is 0 Å². The minimum absolute atomic E-state index is 0.550. The predicted octanol–water partition coefficient (Wildman–Crippen LogP) is 7.82. The summed E-state index contributed by atoms with van der Waals surface area (Å²) in [6.07, 6.45) is 11.1. The standard InChI is InChI=1S/2C11H23OP.2ClH.Pd/c2*1-10(2)13(11(3)4)9-7-6-8-12-5;;;/h2*6-7,10-11H,8-9H2,1-5H3;2*1H;. The number of rotatable bonds is 14. The van der Waals surface area contributed by atoms with Crippen molar-refractivity contribution < 1.29 is 22.0 Å². The van der Waals surface area contributed by atoms with E-state index in [-0.39, 0.29) is 0 Å². The first-order valence-electron chi connectivity index (χ1n) is 10.7. The van der Waals surface area contributed by atoms with E-state index in [4.69, 9.17) is 28.5 Å². The second-order valence-corrected chi connectivity index (χ2v) is 45.6. The first-order valence-corrected chi connectivity index (χ1v) is 23.8. The maximum absolute atomic E-state index is 7.90. The minimum atomic E-state index is -2.75. The molecule has 0 aromatic heterocycles. The average molecular weight is 584 g/mol. The summed E-state index contributed by atoms with van der Waals surface area (Å²) >= 11 is -2.75. The number of allylic oxidation sites excluding steroid dienone is 2. The number of ether oxygens (including phenoxy) is 2. The molecule has 0 amide bonds. The molecule has 0 aliphatic rings. The topological polar surface area (TPSA) is 18.5 Å². The van der Waals surface area contributed by atoms with Gasteiger partial charge in [-0.15, -0.1) is 0 Å². The van der Waals surface area contributed by atoms with Gasteiger partial charge in [0.2, 0.25) is 0 Å². The van der Waals surface area contributed by atoms with Crippen LogP contribution >= 0.6 is 30.0 Å². The average Bonchev–Trinajstić information content (AvgIpc) is 2.60. The Morgan fingerprint density at radius 2 is 0.897 bits per heavy atom. The van der Waals surface area contributed by atoms with Gasteiger partial charge in [0, 0.05) is 0 Å². The molecule has 0 saturated heterocycles. The van der Waals surface area contributed by atoms with Crippen molar-refractivity contribution in [3.8, 4) is 0 Å². The van der Waals surface area contributed by atoms with E-state index in [1.807, 2.05) is 0 Å².